The van der Waals surface area contributed by atoms with E-state index in [1.807, 2.05) is 0 Å². The topological polar surface area (TPSA) is 76.7 Å². The van der Waals surface area contributed by atoms with Crippen molar-refractivity contribution in [2.75, 3.05) is 12.9 Å². The first-order valence-electron chi connectivity index (χ1n) is 3.57. The molecule has 1 aliphatic rings. The van der Waals surface area contributed by atoms with E-state index < -0.39 is 10.4 Å². The lowest BCUT2D eigenvalue weighted by molar-refractivity contribution is -0.140. The second kappa shape index (κ2) is 4.03. The molecule has 0 bridgehead atoms. The summed E-state index contributed by atoms with van der Waals surface area (Å²) in [6, 6.07) is 0. The Bertz CT molecular complexity index is 269. The maximum Gasteiger partial charge on any atom is 0.306 e. The van der Waals surface area contributed by atoms with Crippen molar-refractivity contribution in [3.05, 3.63) is 0 Å². The number of hydrogen-bond donors (Lipinski definition) is 2. The van der Waals surface area contributed by atoms with Crippen molar-refractivity contribution in [3.63, 3.8) is 0 Å². The van der Waals surface area contributed by atoms with E-state index in [2.05, 4.69) is 14.5 Å². The van der Waals surface area contributed by atoms with Gasteiger partial charge in [-0.3, -0.25) is 9.93 Å². The normalized spacial score (nSPS) is 30.8. The predicted molar refractivity (Wildman–Crippen MR) is 57.5 cm³/mol. The number of aliphatic imine (C=N–C) groups is 1. The third kappa shape index (κ3) is 2.94. The van der Waals surface area contributed by atoms with Crippen molar-refractivity contribution in [3.8, 4) is 0 Å². The van der Waals surface area contributed by atoms with Gasteiger partial charge in [-0.25, -0.2) is 4.99 Å². The Balaban J connectivity index is 2.41. The highest BCUT2D eigenvalue weighted by atomic mass is 32.3. The summed E-state index contributed by atoms with van der Waals surface area (Å²) in [4.78, 5) is 14.7. The summed E-state index contributed by atoms with van der Waals surface area (Å²) in [5.74, 6) is 0.230. The maximum absolute atomic E-state index is 10.8. The molecule has 5 nitrogen and oxygen atoms in total. The Labute approximate surface area is 83.3 Å². The largest absolute Gasteiger partial charge is 0.469 e. The number of carbonyl (C=O) groups is 1. The summed E-state index contributed by atoms with van der Waals surface area (Å²) in [6.07, 6.45) is 0.282. The van der Waals surface area contributed by atoms with Gasteiger partial charge in [-0.05, 0) is 12.2 Å². The van der Waals surface area contributed by atoms with Crippen LogP contribution in [-0.4, -0.2) is 29.5 Å². The minimum Gasteiger partial charge on any atom is -0.469 e. The van der Waals surface area contributed by atoms with Crippen LogP contribution >= 0.6 is 22.6 Å². The summed E-state index contributed by atoms with van der Waals surface area (Å²) in [7, 11) is -0.293. The molecule has 0 fully saturated rings. The fourth-order valence-corrected chi connectivity index (χ4v) is 2.84. The van der Waals surface area contributed by atoms with Gasteiger partial charge >= 0.3 is 5.97 Å². The van der Waals surface area contributed by atoms with Crippen molar-refractivity contribution in [1.29, 1.82) is 0 Å². The number of thiocarbonyl (C=S) groups is 1. The van der Waals surface area contributed by atoms with E-state index >= 15 is 0 Å². The number of rotatable bonds is 3. The van der Waals surface area contributed by atoms with E-state index in [1.165, 1.54) is 7.11 Å². The van der Waals surface area contributed by atoms with Crippen LogP contribution in [0.1, 0.15) is 6.42 Å². The molecule has 0 aromatic carbocycles. The lowest BCUT2D eigenvalue weighted by Crippen LogP contribution is -2.29. The van der Waals surface area contributed by atoms with Crippen LogP contribution in [0.4, 0.5) is 0 Å². The number of hydrogen-bond acceptors (Lipinski definition) is 4. The molecule has 0 radical (unpaired) electrons. The molecule has 0 amide bonds. The fraction of sp³-hybridized carbons (Fsp3) is 0.500. The van der Waals surface area contributed by atoms with Gasteiger partial charge in [0.25, 0.3) is 0 Å². The molecule has 0 saturated heterocycles. The Morgan fingerprint density at radius 2 is 2.62 bits per heavy atom. The smallest absolute Gasteiger partial charge is 0.306 e. The lowest BCUT2D eigenvalue weighted by atomic mass is 10.5. The summed E-state index contributed by atoms with van der Waals surface area (Å²) < 4.78 is 7.37. The van der Waals surface area contributed by atoms with Crippen LogP contribution in [0.2, 0.25) is 0 Å². The fourth-order valence-electron chi connectivity index (χ4n) is 0.815. The van der Waals surface area contributed by atoms with Crippen LogP contribution in [0.15, 0.2) is 4.99 Å². The molecular formula is C6H11N3O2S2. The lowest BCUT2D eigenvalue weighted by Gasteiger charge is -2.26. The number of carbonyl (C=O) groups excluding carboxylic acids is 1. The van der Waals surface area contributed by atoms with Crippen LogP contribution in [0.5, 0.6) is 0 Å². The molecule has 3 N–H and O–H groups in total. The van der Waals surface area contributed by atoms with Crippen molar-refractivity contribution < 1.29 is 9.53 Å². The maximum atomic E-state index is 10.8. The monoisotopic (exact) mass is 221 g/mol. The zero-order chi connectivity index (χ0) is 9.90. The highest BCUT2D eigenvalue weighted by Crippen LogP contribution is 2.35. The first kappa shape index (κ1) is 10.4. The molecule has 0 aliphatic carbocycles. The van der Waals surface area contributed by atoms with Gasteiger partial charge < -0.3 is 9.46 Å². The van der Waals surface area contributed by atoms with Crippen LogP contribution in [0.25, 0.3) is 0 Å². The SMILES string of the molecule is COC(=O)CCS1(N)C=NC(=S)N1. The molecule has 0 saturated carbocycles. The Morgan fingerprint density at radius 1 is 1.92 bits per heavy atom. The minimum absolute atomic E-state index is 0.273. The van der Waals surface area contributed by atoms with E-state index in [0.29, 0.717) is 10.9 Å². The quantitative estimate of drug-likeness (QED) is 0.520. The molecule has 1 heterocycles. The third-order valence-corrected chi connectivity index (χ3v) is 3.78. The van der Waals surface area contributed by atoms with E-state index in [0.717, 1.165) is 0 Å². The van der Waals surface area contributed by atoms with Gasteiger partial charge in [0.15, 0.2) is 0 Å². The van der Waals surface area contributed by atoms with Crippen molar-refractivity contribution >= 4 is 39.2 Å². The molecule has 7 heteroatoms. The highest BCUT2D eigenvalue weighted by Gasteiger charge is 2.23. The molecule has 0 spiro atoms. The Hall–Kier alpha value is -0.660. The van der Waals surface area contributed by atoms with Crippen LogP contribution in [0.3, 0.4) is 0 Å². The molecule has 1 atom stereocenters. The average molecular weight is 221 g/mol. The van der Waals surface area contributed by atoms with Crippen molar-refractivity contribution in [2.45, 2.75) is 6.42 Å². The second-order valence-electron chi connectivity index (χ2n) is 2.52. The minimum atomic E-state index is -1.64. The molecule has 0 aromatic heterocycles. The standard InChI is InChI=1S/C6H11N3O2S2/c1-11-5(10)2-3-13(7)4-8-6(12)9-13/h4H,2-3,7H2,1H3,(H,9,12). The van der Waals surface area contributed by atoms with Gasteiger partial charge in [0.2, 0.25) is 5.11 Å². The molecule has 0 aromatic rings. The summed E-state index contributed by atoms with van der Waals surface area (Å²) in [5.41, 5.74) is 1.60. The number of nitrogens with one attached hydrogen (secondary N) is 1. The summed E-state index contributed by atoms with van der Waals surface area (Å²) >= 11 is 4.79. The van der Waals surface area contributed by atoms with Crippen molar-refractivity contribution in [2.24, 2.45) is 10.1 Å². The molecule has 1 aliphatic heterocycles. The number of ether oxygens (including phenoxy) is 1. The van der Waals surface area contributed by atoms with Gasteiger partial charge in [-0.15, -0.1) is 0 Å². The van der Waals surface area contributed by atoms with Gasteiger partial charge in [0.1, 0.15) is 0 Å². The van der Waals surface area contributed by atoms with Crippen LogP contribution in [0, 0.1) is 0 Å². The number of esters is 1. The molecule has 74 valence electrons. The zero-order valence-corrected chi connectivity index (χ0v) is 8.78. The molecule has 13 heavy (non-hydrogen) atoms. The Kier molecular flexibility index (Phi) is 3.23. The van der Waals surface area contributed by atoms with Gasteiger partial charge in [-0.2, -0.15) is 0 Å². The van der Waals surface area contributed by atoms with E-state index in [-0.39, 0.29) is 12.4 Å². The molecule has 1 unspecified atom stereocenters. The summed E-state index contributed by atoms with van der Waals surface area (Å²) in [6.45, 7) is 0. The van der Waals surface area contributed by atoms with E-state index in [9.17, 15) is 4.79 Å². The van der Waals surface area contributed by atoms with E-state index in [1.54, 1.807) is 5.55 Å². The van der Waals surface area contributed by atoms with Gasteiger partial charge in [0, 0.05) is 5.75 Å². The summed E-state index contributed by atoms with van der Waals surface area (Å²) in [5, 5.41) is 6.27. The van der Waals surface area contributed by atoms with Crippen molar-refractivity contribution in [1.82, 2.24) is 4.72 Å². The predicted octanol–water partition coefficient (Wildman–Crippen LogP) is 0.0592. The first-order chi connectivity index (χ1) is 6.06. The number of nitrogens with two attached hydrogens (primary N) is 1. The van der Waals surface area contributed by atoms with E-state index in [4.69, 9.17) is 17.4 Å². The number of methoxy groups -OCH3 is 1. The Morgan fingerprint density at radius 3 is 3.08 bits per heavy atom. The first-order valence-corrected chi connectivity index (χ1v) is 5.91. The highest BCUT2D eigenvalue weighted by molar-refractivity contribution is 8.41. The molecule has 1 rings (SSSR count). The average Bonchev–Trinajstić information content (AvgIpc) is 2.43. The zero-order valence-electron chi connectivity index (χ0n) is 7.15. The third-order valence-electron chi connectivity index (χ3n) is 1.51. The van der Waals surface area contributed by atoms with Crippen LogP contribution < -0.4 is 9.86 Å². The number of nitrogens with zero attached hydrogens (tertiary/aromatic N) is 1. The van der Waals surface area contributed by atoms with Gasteiger partial charge in [0.05, 0.1) is 19.1 Å². The van der Waals surface area contributed by atoms with Gasteiger partial charge in [-0.1, -0.05) is 10.4 Å². The van der Waals surface area contributed by atoms with Crippen LogP contribution in [-0.2, 0) is 9.53 Å². The second-order valence-corrected chi connectivity index (χ2v) is 5.43. The molecular weight excluding hydrogens is 210 g/mol.